The molecule has 0 saturated carbocycles. The Morgan fingerprint density at radius 3 is 2.08 bits per heavy atom. The van der Waals surface area contributed by atoms with Crippen LogP contribution in [0, 0.1) is 42.4 Å². The predicted molar refractivity (Wildman–Crippen MR) is 111 cm³/mol. The molecule has 2 rings (SSSR count). The molecule has 2 unspecified atom stereocenters. The summed E-state index contributed by atoms with van der Waals surface area (Å²) in [6.07, 6.45) is 0.711. The molecule has 3 nitrogen and oxygen atoms in total. The predicted octanol–water partition coefficient (Wildman–Crippen LogP) is 6.51. The molecule has 0 N–H and O–H groups in total. The maximum absolute atomic E-state index is 9.10. The molecular formula is C23H29N3. The Kier molecular flexibility index (Phi) is 11.9. The second-order valence-corrected chi connectivity index (χ2v) is 5.61. The number of hydrogen-bond donors (Lipinski definition) is 0. The first-order valence-corrected chi connectivity index (χ1v) is 8.95. The van der Waals surface area contributed by atoms with Gasteiger partial charge in [-0.1, -0.05) is 68.8 Å². The fourth-order valence-corrected chi connectivity index (χ4v) is 2.40. The van der Waals surface area contributed by atoms with Gasteiger partial charge in [0.2, 0.25) is 0 Å². The molecule has 0 aliphatic carbocycles. The van der Waals surface area contributed by atoms with Gasteiger partial charge in [-0.15, -0.1) is 0 Å². The zero-order valence-corrected chi connectivity index (χ0v) is 16.5. The van der Waals surface area contributed by atoms with Gasteiger partial charge in [-0.3, -0.25) is 4.99 Å². The van der Waals surface area contributed by atoms with E-state index in [1.165, 1.54) is 5.56 Å². The van der Waals surface area contributed by atoms with E-state index in [0.29, 0.717) is 6.42 Å². The molecular weight excluding hydrogens is 318 g/mol. The Hall–Kier alpha value is -2.91. The van der Waals surface area contributed by atoms with Gasteiger partial charge in [0.05, 0.1) is 29.7 Å². The molecule has 2 aromatic rings. The van der Waals surface area contributed by atoms with Crippen molar-refractivity contribution < 1.29 is 0 Å². The lowest BCUT2D eigenvalue weighted by Gasteiger charge is -2.14. The van der Waals surface area contributed by atoms with Crippen LogP contribution in [0.1, 0.15) is 49.8 Å². The standard InChI is InChI=1S/C13H14N2.C8H9N.C2H6/c1-3-11(8-14)13(9-15)12-6-4-5-10(2)7-12;1-7-5-3-4-6-8(7)9-2;1-2/h4-7,11,13H,3H2,1-2H3;3-6H,2H2,1H3;1-2H3. The first-order chi connectivity index (χ1) is 12.6. The van der Waals surface area contributed by atoms with Crippen molar-refractivity contribution in [1.82, 2.24) is 0 Å². The number of rotatable bonds is 4. The Morgan fingerprint density at radius 2 is 1.65 bits per heavy atom. The smallest absolute Gasteiger partial charge is 0.0870 e. The van der Waals surface area contributed by atoms with Crippen LogP contribution in [-0.4, -0.2) is 6.72 Å². The van der Waals surface area contributed by atoms with Crippen LogP contribution in [0.3, 0.4) is 0 Å². The van der Waals surface area contributed by atoms with E-state index in [2.05, 4.69) is 23.8 Å². The van der Waals surface area contributed by atoms with Crippen LogP contribution in [0.2, 0.25) is 0 Å². The molecule has 2 atom stereocenters. The minimum absolute atomic E-state index is 0.211. The topological polar surface area (TPSA) is 59.9 Å². The molecule has 0 radical (unpaired) electrons. The summed E-state index contributed by atoms with van der Waals surface area (Å²) in [6, 6.07) is 20.2. The van der Waals surface area contributed by atoms with Crippen LogP contribution in [0.5, 0.6) is 0 Å². The van der Waals surface area contributed by atoms with Crippen molar-refractivity contribution in [2.45, 2.75) is 47.0 Å². The number of aliphatic imine (C=N–C) groups is 1. The average Bonchev–Trinajstić information content (AvgIpc) is 2.68. The molecule has 136 valence electrons. The number of hydrogen-bond acceptors (Lipinski definition) is 3. The van der Waals surface area contributed by atoms with E-state index in [9.17, 15) is 0 Å². The third-order valence-corrected chi connectivity index (χ3v) is 3.83. The highest BCUT2D eigenvalue weighted by Gasteiger charge is 2.20. The van der Waals surface area contributed by atoms with Crippen LogP contribution in [0.4, 0.5) is 5.69 Å². The van der Waals surface area contributed by atoms with E-state index in [0.717, 1.165) is 16.8 Å². The van der Waals surface area contributed by atoms with Gasteiger partial charge in [0.15, 0.2) is 0 Å². The van der Waals surface area contributed by atoms with Gasteiger partial charge in [-0.25, -0.2) is 0 Å². The molecule has 0 aliphatic heterocycles. The summed E-state index contributed by atoms with van der Waals surface area (Å²) >= 11 is 0. The molecule has 0 fully saturated rings. The van der Waals surface area contributed by atoms with Crippen molar-refractivity contribution in [2.24, 2.45) is 10.9 Å². The van der Waals surface area contributed by atoms with E-state index >= 15 is 0 Å². The zero-order chi connectivity index (χ0) is 19.9. The molecule has 0 heterocycles. The lowest BCUT2D eigenvalue weighted by atomic mass is 9.86. The summed E-state index contributed by atoms with van der Waals surface area (Å²) in [6.45, 7) is 13.4. The van der Waals surface area contributed by atoms with Crippen molar-refractivity contribution in [3.05, 3.63) is 65.2 Å². The van der Waals surface area contributed by atoms with Gasteiger partial charge in [-0.05, 0) is 44.2 Å². The molecule has 0 aliphatic rings. The minimum atomic E-state index is -0.306. The lowest BCUT2D eigenvalue weighted by Crippen LogP contribution is -2.08. The Bertz CT molecular complexity index is 751. The summed E-state index contributed by atoms with van der Waals surface area (Å²) in [4.78, 5) is 3.82. The van der Waals surface area contributed by atoms with E-state index in [1.54, 1.807) is 0 Å². The molecule has 0 saturated heterocycles. The fourth-order valence-electron chi connectivity index (χ4n) is 2.40. The summed E-state index contributed by atoms with van der Waals surface area (Å²) in [5.74, 6) is -0.517. The second kappa shape index (κ2) is 13.4. The maximum Gasteiger partial charge on any atom is 0.0870 e. The molecule has 3 heteroatoms. The first-order valence-electron chi connectivity index (χ1n) is 8.95. The second-order valence-electron chi connectivity index (χ2n) is 5.61. The van der Waals surface area contributed by atoms with E-state index in [4.69, 9.17) is 10.5 Å². The van der Waals surface area contributed by atoms with E-state index in [1.807, 2.05) is 83.1 Å². The summed E-state index contributed by atoms with van der Waals surface area (Å²) in [5, 5.41) is 18.1. The Morgan fingerprint density at radius 1 is 1.00 bits per heavy atom. The van der Waals surface area contributed by atoms with Crippen molar-refractivity contribution >= 4 is 12.4 Å². The number of benzene rings is 2. The molecule has 0 spiro atoms. The van der Waals surface area contributed by atoms with Crippen molar-refractivity contribution in [3.8, 4) is 12.1 Å². The normalized spacial score (nSPS) is 11.2. The van der Waals surface area contributed by atoms with Gasteiger partial charge >= 0.3 is 0 Å². The van der Waals surface area contributed by atoms with Crippen molar-refractivity contribution in [1.29, 1.82) is 10.5 Å². The molecule has 2 aromatic carbocycles. The number of aryl methyl sites for hydroxylation is 2. The highest BCUT2D eigenvalue weighted by molar-refractivity contribution is 5.50. The summed E-state index contributed by atoms with van der Waals surface area (Å²) in [5.41, 5.74) is 4.22. The van der Waals surface area contributed by atoms with Crippen LogP contribution < -0.4 is 0 Å². The molecule has 26 heavy (non-hydrogen) atoms. The fraction of sp³-hybridized carbons (Fsp3) is 0.348. The van der Waals surface area contributed by atoms with Gasteiger partial charge in [0.1, 0.15) is 0 Å². The molecule has 0 amide bonds. The van der Waals surface area contributed by atoms with Gasteiger partial charge in [0.25, 0.3) is 0 Å². The highest BCUT2D eigenvalue weighted by Crippen LogP contribution is 2.26. The number of nitrogens with zero attached hydrogens (tertiary/aromatic N) is 3. The summed E-state index contributed by atoms with van der Waals surface area (Å²) in [7, 11) is 0. The maximum atomic E-state index is 9.10. The summed E-state index contributed by atoms with van der Waals surface area (Å²) < 4.78 is 0. The third-order valence-electron chi connectivity index (χ3n) is 3.83. The Balaban J connectivity index is 0.000000484. The third kappa shape index (κ3) is 7.32. The lowest BCUT2D eigenvalue weighted by molar-refractivity contribution is 0.585. The van der Waals surface area contributed by atoms with Gasteiger partial charge in [0, 0.05) is 0 Å². The average molecular weight is 348 g/mol. The molecule has 0 aromatic heterocycles. The first kappa shape index (κ1) is 23.1. The minimum Gasteiger partial charge on any atom is -0.264 e. The van der Waals surface area contributed by atoms with Gasteiger partial charge in [-0.2, -0.15) is 10.5 Å². The van der Waals surface area contributed by atoms with Crippen LogP contribution in [0.15, 0.2) is 53.5 Å². The van der Waals surface area contributed by atoms with E-state index < -0.39 is 0 Å². The van der Waals surface area contributed by atoms with Crippen LogP contribution in [0.25, 0.3) is 0 Å². The number of para-hydroxylation sites is 1. The SMILES string of the molecule is C=Nc1ccccc1C.CC.CCC(C#N)C(C#N)c1cccc(C)c1. The van der Waals surface area contributed by atoms with Crippen molar-refractivity contribution in [3.63, 3.8) is 0 Å². The van der Waals surface area contributed by atoms with Crippen molar-refractivity contribution in [2.75, 3.05) is 0 Å². The van der Waals surface area contributed by atoms with E-state index in [-0.39, 0.29) is 11.8 Å². The zero-order valence-electron chi connectivity index (χ0n) is 16.5. The van der Waals surface area contributed by atoms with Crippen LogP contribution >= 0.6 is 0 Å². The quantitative estimate of drug-likeness (QED) is 0.592. The van der Waals surface area contributed by atoms with Crippen LogP contribution in [-0.2, 0) is 0 Å². The van der Waals surface area contributed by atoms with Gasteiger partial charge < -0.3 is 0 Å². The Labute approximate surface area is 158 Å². The monoisotopic (exact) mass is 347 g/mol. The molecule has 0 bridgehead atoms. The largest absolute Gasteiger partial charge is 0.264 e. The highest BCUT2D eigenvalue weighted by atomic mass is 14.7. The number of nitriles is 2.